The highest BCUT2D eigenvalue weighted by atomic mass is 16.7. The summed E-state index contributed by atoms with van der Waals surface area (Å²) < 4.78 is 10.2. The van der Waals surface area contributed by atoms with E-state index in [1.807, 2.05) is 24.3 Å². The van der Waals surface area contributed by atoms with Crippen molar-refractivity contribution in [2.24, 2.45) is 0 Å². The number of hydrogen-bond acceptors (Lipinski definition) is 2. The third kappa shape index (κ3) is 1.84. The zero-order valence-corrected chi connectivity index (χ0v) is 7.41. The topological polar surface area (TPSA) is 18.5 Å². The monoisotopic (exact) mass is 165 g/mol. The molecule has 0 bridgehead atoms. The molecule has 0 N–H and O–H groups in total. The highest BCUT2D eigenvalue weighted by Crippen LogP contribution is 2.20. The van der Waals surface area contributed by atoms with Crippen molar-refractivity contribution in [3.05, 3.63) is 42.3 Å². The molecule has 0 amide bonds. The molecule has 2 heteroatoms. The smallest absolute Gasteiger partial charge is 0.183 e. The third-order valence-electron chi connectivity index (χ3n) is 1.74. The molecule has 1 aromatic rings. The van der Waals surface area contributed by atoms with Gasteiger partial charge in [0.25, 0.3) is 0 Å². The number of benzene rings is 1. The molecule has 2 nitrogen and oxygen atoms in total. The molecule has 0 heterocycles. The van der Waals surface area contributed by atoms with Crippen LogP contribution in [-0.4, -0.2) is 14.2 Å². The van der Waals surface area contributed by atoms with E-state index in [2.05, 4.69) is 6.92 Å². The molecule has 0 aromatic heterocycles. The van der Waals surface area contributed by atoms with Gasteiger partial charge in [-0.05, 0) is 12.5 Å². The van der Waals surface area contributed by atoms with Crippen LogP contribution in [0.1, 0.15) is 17.4 Å². The van der Waals surface area contributed by atoms with Crippen LogP contribution in [0.2, 0.25) is 0 Å². The summed E-state index contributed by atoms with van der Waals surface area (Å²) >= 11 is 0. The summed E-state index contributed by atoms with van der Waals surface area (Å²) in [6.07, 6.45) is -0.307. The molecule has 0 unspecified atom stereocenters. The second kappa shape index (κ2) is 4.24. The predicted molar refractivity (Wildman–Crippen MR) is 47.7 cm³/mol. The standard InChI is InChI=1S/C10H13O2/c1-8-6-4-5-7-9(8)10(11-2)12-3/h4-7,10H,1H2,2-3H3. The van der Waals surface area contributed by atoms with Crippen molar-refractivity contribution in [1.82, 2.24) is 0 Å². The molecule has 12 heavy (non-hydrogen) atoms. The van der Waals surface area contributed by atoms with E-state index in [4.69, 9.17) is 9.47 Å². The second-order valence-electron chi connectivity index (χ2n) is 2.50. The van der Waals surface area contributed by atoms with E-state index >= 15 is 0 Å². The fraction of sp³-hybridized carbons (Fsp3) is 0.300. The van der Waals surface area contributed by atoms with Gasteiger partial charge in [-0.2, -0.15) is 0 Å². The molecule has 1 aromatic carbocycles. The van der Waals surface area contributed by atoms with Crippen molar-refractivity contribution in [1.29, 1.82) is 0 Å². The van der Waals surface area contributed by atoms with E-state index in [-0.39, 0.29) is 6.29 Å². The first-order valence-corrected chi connectivity index (χ1v) is 3.76. The lowest BCUT2D eigenvalue weighted by atomic mass is 10.1. The number of ether oxygens (including phenoxy) is 2. The van der Waals surface area contributed by atoms with Crippen molar-refractivity contribution >= 4 is 0 Å². The van der Waals surface area contributed by atoms with Crippen molar-refractivity contribution in [2.45, 2.75) is 6.29 Å². The van der Waals surface area contributed by atoms with Crippen molar-refractivity contribution in [2.75, 3.05) is 14.2 Å². The first-order valence-electron chi connectivity index (χ1n) is 3.76. The Morgan fingerprint density at radius 3 is 2.25 bits per heavy atom. The zero-order chi connectivity index (χ0) is 8.97. The van der Waals surface area contributed by atoms with E-state index in [9.17, 15) is 0 Å². The zero-order valence-electron chi connectivity index (χ0n) is 7.41. The molecule has 0 saturated heterocycles. The van der Waals surface area contributed by atoms with Crippen LogP contribution in [0.3, 0.4) is 0 Å². The van der Waals surface area contributed by atoms with Gasteiger partial charge in [0.1, 0.15) is 0 Å². The van der Waals surface area contributed by atoms with E-state index in [0.717, 1.165) is 11.1 Å². The van der Waals surface area contributed by atoms with Crippen molar-refractivity contribution in [3.8, 4) is 0 Å². The largest absolute Gasteiger partial charge is 0.352 e. The molecule has 0 spiro atoms. The van der Waals surface area contributed by atoms with Crippen molar-refractivity contribution < 1.29 is 9.47 Å². The summed E-state index contributed by atoms with van der Waals surface area (Å²) in [4.78, 5) is 0. The highest BCUT2D eigenvalue weighted by molar-refractivity contribution is 5.30. The number of methoxy groups -OCH3 is 2. The first kappa shape index (κ1) is 9.23. The Hall–Kier alpha value is -0.860. The van der Waals surface area contributed by atoms with Crippen LogP contribution in [0.4, 0.5) is 0 Å². The van der Waals surface area contributed by atoms with E-state index < -0.39 is 0 Å². The van der Waals surface area contributed by atoms with Gasteiger partial charge in [0.2, 0.25) is 0 Å². The van der Waals surface area contributed by atoms with Gasteiger partial charge < -0.3 is 9.47 Å². The maximum atomic E-state index is 5.10. The molecular weight excluding hydrogens is 152 g/mol. The van der Waals surface area contributed by atoms with Gasteiger partial charge >= 0.3 is 0 Å². The Bertz CT molecular complexity index is 241. The number of rotatable bonds is 3. The second-order valence-corrected chi connectivity index (χ2v) is 2.50. The molecule has 0 atom stereocenters. The fourth-order valence-electron chi connectivity index (χ4n) is 1.11. The van der Waals surface area contributed by atoms with Gasteiger partial charge in [-0.3, -0.25) is 0 Å². The Morgan fingerprint density at radius 2 is 1.75 bits per heavy atom. The summed E-state index contributed by atoms with van der Waals surface area (Å²) in [5.41, 5.74) is 1.91. The minimum atomic E-state index is -0.307. The van der Waals surface area contributed by atoms with Gasteiger partial charge in [0, 0.05) is 19.8 Å². The lowest BCUT2D eigenvalue weighted by Crippen LogP contribution is -2.04. The van der Waals surface area contributed by atoms with Gasteiger partial charge in [-0.1, -0.05) is 24.3 Å². The summed E-state index contributed by atoms with van der Waals surface area (Å²) in [7, 11) is 3.22. The SMILES string of the molecule is [CH2]c1ccccc1C(OC)OC. The van der Waals surface area contributed by atoms with E-state index in [1.54, 1.807) is 14.2 Å². The Labute approximate surface area is 73.1 Å². The molecule has 0 fully saturated rings. The Balaban J connectivity index is 2.92. The normalized spacial score (nSPS) is 10.7. The lowest BCUT2D eigenvalue weighted by Gasteiger charge is -2.15. The summed E-state index contributed by atoms with van der Waals surface area (Å²) in [5, 5.41) is 0. The summed E-state index contributed by atoms with van der Waals surface area (Å²) in [5.74, 6) is 0. The molecular formula is C10H13O2. The van der Waals surface area contributed by atoms with Crippen LogP contribution < -0.4 is 0 Å². The van der Waals surface area contributed by atoms with E-state index in [1.165, 1.54) is 0 Å². The van der Waals surface area contributed by atoms with Crippen molar-refractivity contribution in [3.63, 3.8) is 0 Å². The average Bonchev–Trinajstić information content (AvgIpc) is 2.10. The van der Waals surface area contributed by atoms with Gasteiger partial charge in [-0.25, -0.2) is 0 Å². The minimum Gasteiger partial charge on any atom is -0.352 e. The molecule has 0 aliphatic rings. The molecule has 0 aliphatic carbocycles. The molecule has 0 saturated carbocycles. The first-order chi connectivity index (χ1) is 5.79. The van der Waals surface area contributed by atoms with Crippen LogP contribution in [0.15, 0.2) is 24.3 Å². The van der Waals surface area contributed by atoms with Crippen LogP contribution in [0, 0.1) is 6.92 Å². The molecule has 65 valence electrons. The lowest BCUT2D eigenvalue weighted by molar-refractivity contribution is -0.106. The minimum absolute atomic E-state index is 0.307. The average molecular weight is 165 g/mol. The maximum Gasteiger partial charge on any atom is 0.183 e. The third-order valence-corrected chi connectivity index (χ3v) is 1.74. The van der Waals surface area contributed by atoms with Gasteiger partial charge in [0.15, 0.2) is 6.29 Å². The molecule has 1 rings (SSSR count). The quantitative estimate of drug-likeness (QED) is 0.639. The van der Waals surface area contributed by atoms with Crippen LogP contribution in [-0.2, 0) is 9.47 Å². The Kier molecular flexibility index (Phi) is 3.26. The van der Waals surface area contributed by atoms with Crippen LogP contribution >= 0.6 is 0 Å². The van der Waals surface area contributed by atoms with Crippen LogP contribution in [0.5, 0.6) is 0 Å². The number of hydrogen-bond donors (Lipinski definition) is 0. The summed E-state index contributed by atoms with van der Waals surface area (Å²) in [6.45, 7) is 3.88. The Morgan fingerprint density at radius 1 is 1.17 bits per heavy atom. The molecule has 1 radical (unpaired) electrons. The van der Waals surface area contributed by atoms with Crippen LogP contribution in [0.25, 0.3) is 0 Å². The fourth-order valence-corrected chi connectivity index (χ4v) is 1.11. The van der Waals surface area contributed by atoms with E-state index in [0.29, 0.717) is 0 Å². The highest BCUT2D eigenvalue weighted by Gasteiger charge is 2.09. The van der Waals surface area contributed by atoms with Gasteiger partial charge in [-0.15, -0.1) is 0 Å². The maximum absolute atomic E-state index is 5.10. The predicted octanol–water partition coefficient (Wildman–Crippen LogP) is 2.16. The summed E-state index contributed by atoms with van der Waals surface area (Å²) in [6, 6.07) is 7.75. The van der Waals surface area contributed by atoms with Gasteiger partial charge in [0.05, 0.1) is 0 Å². The molecule has 0 aliphatic heterocycles.